The molecular formula is C22H31N7O2. The zero-order valence-corrected chi connectivity index (χ0v) is 18.9. The van der Waals surface area contributed by atoms with E-state index >= 15 is 0 Å². The highest BCUT2D eigenvalue weighted by Crippen LogP contribution is 2.31. The van der Waals surface area contributed by atoms with Crippen molar-refractivity contribution in [3.63, 3.8) is 0 Å². The van der Waals surface area contributed by atoms with Crippen LogP contribution in [0.5, 0.6) is 0 Å². The summed E-state index contributed by atoms with van der Waals surface area (Å²) in [6.07, 6.45) is 9.11. The van der Waals surface area contributed by atoms with Crippen molar-refractivity contribution in [3.05, 3.63) is 30.9 Å². The van der Waals surface area contributed by atoms with Gasteiger partial charge in [0.15, 0.2) is 5.82 Å². The Labute approximate surface area is 182 Å². The molecule has 31 heavy (non-hydrogen) atoms. The summed E-state index contributed by atoms with van der Waals surface area (Å²) in [5.41, 5.74) is 2.32. The fourth-order valence-electron chi connectivity index (χ4n) is 4.13. The molecule has 0 radical (unpaired) electrons. The van der Waals surface area contributed by atoms with E-state index in [1.54, 1.807) is 10.9 Å². The highest BCUT2D eigenvalue weighted by molar-refractivity contribution is 5.73. The maximum absolute atomic E-state index is 12.0. The molecule has 4 rings (SSSR count). The number of fused-ring (bicyclic) bond motifs is 1. The third-order valence-electron chi connectivity index (χ3n) is 5.56. The van der Waals surface area contributed by atoms with Crippen molar-refractivity contribution >= 4 is 17.4 Å². The maximum Gasteiger partial charge on any atom is 0.407 e. The van der Waals surface area contributed by atoms with E-state index in [0.717, 1.165) is 42.0 Å². The zero-order valence-electron chi connectivity index (χ0n) is 18.9. The molecule has 1 saturated heterocycles. The molecule has 1 aliphatic heterocycles. The molecule has 3 aromatic heterocycles. The first-order valence-corrected chi connectivity index (χ1v) is 10.8. The lowest BCUT2D eigenvalue weighted by Crippen LogP contribution is -2.45. The summed E-state index contributed by atoms with van der Waals surface area (Å²) < 4.78 is 9.01. The summed E-state index contributed by atoms with van der Waals surface area (Å²) in [7, 11) is 1.90. The van der Waals surface area contributed by atoms with Crippen LogP contribution in [-0.4, -0.2) is 55.2 Å². The number of anilines is 1. The zero-order chi connectivity index (χ0) is 22.2. The molecule has 4 heterocycles. The predicted octanol–water partition coefficient (Wildman–Crippen LogP) is 3.26. The summed E-state index contributed by atoms with van der Waals surface area (Å²) in [6.45, 7) is 9.32. The van der Waals surface area contributed by atoms with Gasteiger partial charge in [-0.05, 0) is 52.5 Å². The van der Waals surface area contributed by atoms with E-state index in [1.807, 2.05) is 57.0 Å². The Hall–Kier alpha value is -3.10. The highest BCUT2D eigenvalue weighted by atomic mass is 16.6. The van der Waals surface area contributed by atoms with E-state index < -0.39 is 5.60 Å². The molecular weight excluding hydrogens is 394 g/mol. The molecule has 9 heteroatoms. The maximum atomic E-state index is 12.0. The molecule has 0 aliphatic carbocycles. The third-order valence-corrected chi connectivity index (χ3v) is 5.56. The lowest BCUT2D eigenvalue weighted by molar-refractivity contribution is 0.0515. The lowest BCUT2D eigenvalue weighted by atomic mass is 9.91. The van der Waals surface area contributed by atoms with Gasteiger partial charge in [0.2, 0.25) is 0 Å². The van der Waals surface area contributed by atoms with Crippen LogP contribution in [0.2, 0.25) is 0 Å². The van der Waals surface area contributed by atoms with Crippen LogP contribution in [0.1, 0.15) is 40.5 Å². The average Bonchev–Trinajstić information content (AvgIpc) is 3.33. The molecule has 0 bridgehead atoms. The fourth-order valence-corrected chi connectivity index (χ4v) is 4.13. The number of amides is 1. The van der Waals surface area contributed by atoms with Crippen LogP contribution in [-0.2, 0) is 11.8 Å². The molecule has 2 unspecified atom stereocenters. The smallest absolute Gasteiger partial charge is 0.407 e. The van der Waals surface area contributed by atoms with Gasteiger partial charge in [0.05, 0.1) is 24.3 Å². The SMILES string of the molecule is CC1CC(CNC(=O)OC(C)(C)C)CCN1c1nc(-c2cnn(C)c2)cn2nccc12. The van der Waals surface area contributed by atoms with Crippen LogP contribution < -0.4 is 10.2 Å². The van der Waals surface area contributed by atoms with Gasteiger partial charge in [-0.15, -0.1) is 0 Å². The van der Waals surface area contributed by atoms with Gasteiger partial charge in [-0.2, -0.15) is 10.2 Å². The number of alkyl carbamates (subject to hydrolysis) is 1. The Morgan fingerprint density at radius 2 is 2.10 bits per heavy atom. The summed E-state index contributed by atoms with van der Waals surface area (Å²) in [4.78, 5) is 19.3. The molecule has 1 aliphatic rings. The molecule has 3 aromatic rings. The van der Waals surface area contributed by atoms with Crippen molar-refractivity contribution in [1.29, 1.82) is 0 Å². The van der Waals surface area contributed by atoms with Gasteiger partial charge in [0.25, 0.3) is 0 Å². The van der Waals surface area contributed by atoms with Gasteiger partial charge in [0, 0.05) is 37.9 Å². The van der Waals surface area contributed by atoms with Gasteiger partial charge in [-0.3, -0.25) is 4.68 Å². The number of hydrogen-bond donors (Lipinski definition) is 1. The molecule has 2 atom stereocenters. The fraction of sp³-hybridized carbons (Fsp3) is 0.545. The van der Waals surface area contributed by atoms with Crippen LogP contribution in [0.15, 0.2) is 30.9 Å². The van der Waals surface area contributed by atoms with Gasteiger partial charge in [-0.25, -0.2) is 14.3 Å². The van der Waals surface area contributed by atoms with E-state index in [4.69, 9.17) is 9.72 Å². The number of nitrogens with zero attached hydrogens (tertiary/aromatic N) is 6. The minimum Gasteiger partial charge on any atom is -0.444 e. The number of carbonyl (C=O) groups is 1. The van der Waals surface area contributed by atoms with E-state index in [0.29, 0.717) is 12.5 Å². The molecule has 1 amide bonds. The Morgan fingerprint density at radius 1 is 1.29 bits per heavy atom. The number of rotatable bonds is 4. The normalized spacial score (nSPS) is 19.6. The average molecular weight is 426 g/mol. The first kappa shape index (κ1) is 21.1. The second kappa shape index (κ2) is 8.20. The van der Waals surface area contributed by atoms with Crippen LogP contribution in [0, 0.1) is 5.92 Å². The molecule has 166 valence electrons. The van der Waals surface area contributed by atoms with E-state index in [2.05, 4.69) is 27.3 Å². The Kier molecular flexibility index (Phi) is 5.60. The quantitative estimate of drug-likeness (QED) is 0.690. The molecule has 0 saturated carbocycles. The monoisotopic (exact) mass is 425 g/mol. The van der Waals surface area contributed by atoms with Gasteiger partial charge >= 0.3 is 6.09 Å². The summed E-state index contributed by atoms with van der Waals surface area (Å²) in [6, 6.07) is 2.28. The first-order valence-electron chi connectivity index (χ1n) is 10.8. The van der Waals surface area contributed by atoms with Crippen LogP contribution >= 0.6 is 0 Å². The number of hydrogen-bond acceptors (Lipinski definition) is 6. The van der Waals surface area contributed by atoms with Crippen molar-refractivity contribution in [3.8, 4) is 11.3 Å². The van der Waals surface area contributed by atoms with Crippen molar-refractivity contribution < 1.29 is 9.53 Å². The molecule has 9 nitrogen and oxygen atoms in total. The van der Waals surface area contributed by atoms with Crippen molar-refractivity contribution in [2.75, 3.05) is 18.0 Å². The minimum atomic E-state index is -0.484. The van der Waals surface area contributed by atoms with Crippen LogP contribution in [0.25, 0.3) is 16.8 Å². The second-order valence-electron chi connectivity index (χ2n) is 9.33. The second-order valence-corrected chi connectivity index (χ2v) is 9.33. The Bertz CT molecular complexity index is 1070. The molecule has 1 fully saturated rings. The van der Waals surface area contributed by atoms with E-state index in [-0.39, 0.29) is 12.1 Å². The third kappa shape index (κ3) is 4.81. The van der Waals surface area contributed by atoms with Crippen molar-refractivity contribution in [2.24, 2.45) is 13.0 Å². The summed E-state index contributed by atoms with van der Waals surface area (Å²) in [5.74, 6) is 1.34. The largest absolute Gasteiger partial charge is 0.444 e. The number of nitrogens with one attached hydrogen (secondary N) is 1. The Morgan fingerprint density at radius 3 is 2.77 bits per heavy atom. The van der Waals surface area contributed by atoms with Gasteiger partial charge in [0.1, 0.15) is 11.1 Å². The number of piperidine rings is 1. The van der Waals surface area contributed by atoms with Crippen LogP contribution in [0.3, 0.4) is 0 Å². The predicted molar refractivity (Wildman–Crippen MR) is 119 cm³/mol. The molecule has 0 spiro atoms. The van der Waals surface area contributed by atoms with E-state index in [1.165, 1.54) is 0 Å². The minimum absolute atomic E-state index is 0.287. The first-order chi connectivity index (χ1) is 14.7. The summed E-state index contributed by atoms with van der Waals surface area (Å²) >= 11 is 0. The number of ether oxygens (including phenoxy) is 1. The number of aromatic nitrogens is 5. The van der Waals surface area contributed by atoms with Crippen molar-refractivity contribution in [1.82, 2.24) is 29.7 Å². The van der Waals surface area contributed by atoms with Crippen molar-refractivity contribution in [2.45, 2.75) is 52.2 Å². The van der Waals surface area contributed by atoms with Gasteiger partial charge < -0.3 is 15.0 Å². The van der Waals surface area contributed by atoms with E-state index in [9.17, 15) is 4.79 Å². The van der Waals surface area contributed by atoms with Gasteiger partial charge in [-0.1, -0.05) is 0 Å². The number of aryl methyl sites for hydroxylation is 1. The molecule has 0 aromatic carbocycles. The summed E-state index contributed by atoms with van der Waals surface area (Å²) in [5, 5.41) is 11.6. The Balaban J connectivity index is 1.48. The van der Waals surface area contributed by atoms with Crippen LogP contribution in [0.4, 0.5) is 10.6 Å². The molecule has 1 N–H and O–H groups in total. The number of carbonyl (C=O) groups excluding carboxylic acids is 1. The topological polar surface area (TPSA) is 89.6 Å². The standard InChI is InChI=1S/C22H31N7O2/c1-15-10-16(11-23-21(30)31-22(2,3)4)7-9-28(15)20-19-6-8-24-29(19)14-18(26-20)17-12-25-27(5)13-17/h6,8,12-16H,7,9-11H2,1-5H3,(H,23,30). The lowest BCUT2D eigenvalue weighted by Gasteiger charge is -2.39. The highest BCUT2D eigenvalue weighted by Gasteiger charge is 2.29.